The third kappa shape index (κ3) is 6.39. The topological polar surface area (TPSA) is 62.3 Å². The van der Waals surface area contributed by atoms with Gasteiger partial charge in [0.2, 0.25) is 0 Å². The molecule has 4 rings (SSSR count). The smallest absolute Gasteiger partial charge is 0.257 e. The minimum absolute atomic E-state index is 0.0356. The van der Waals surface area contributed by atoms with E-state index in [0.717, 1.165) is 25.2 Å². The molecular formula is C25H28F3N3O4. The second kappa shape index (κ2) is 11.7. The average Bonchev–Trinajstić information content (AvgIpc) is 2.87. The Morgan fingerprint density at radius 3 is 2.46 bits per heavy atom. The average molecular weight is 492 g/mol. The van der Waals surface area contributed by atoms with Crippen molar-refractivity contribution in [2.45, 2.75) is 6.10 Å². The van der Waals surface area contributed by atoms with E-state index in [1.165, 1.54) is 28.0 Å². The number of rotatable bonds is 7. The van der Waals surface area contributed by atoms with Crippen LogP contribution in [0.3, 0.4) is 0 Å². The first-order valence-corrected chi connectivity index (χ1v) is 11.6. The van der Waals surface area contributed by atoms with Crippen molar-refractivity contribution in [2.24, 2.45) is 0 Å². The van der Waals surface area contributed by atoms with Crippen LogP contribution in [0.15, 0.2) is 42.5 Å². The van der Waals surface area contributed by atoms with Crippen molar-refractivity contribution in [2.75, 3.05) is 65.6 Å². The van der Waals surface area contributed by atoms with Crippen LogP contribution in [0.4, 0.5) is 13.2 Å². The molecule has 10 heteroatoms. The largest absolute Gasteiger partial charge is 0.379 e. The molecule has 2 saturated heterocycles. The maximum absolute atomic E-state index is 14.4. The highest BCUT2D eigenvalue weighted by Crippen LogP contribution is 2.17. The van der Waals surface area contributed by atoms with Gasteiger partial charge in [0.25, 0.3) is 11.8 Å². The summed E-state index contributed by atoms with van der Waals surface area (Å²) in [5.74, 6) is -3.34. The van der Waals surface area contributed by atoms with Crippen molar-refractivity contribution in [3.63, 3.8) is 0 Å². The highest BCUT2D eigenvalue weighted by Gasteiger charge is 2.30. The van der Waals surface area contributed by atoms with Crippen LogP contribution < -0.4 is 0 Å². The molecule has 1 atom stereocenters. The van der Waals surface area contributed by atoms with Crippen molar-refractivity contribution in [3.8, 4) is 0 Å². The van der Waals surface area contributed by atoms with Gasteiger partial charge in [-0.3, -0.25) is 14.5 Å². The molecule has 7 nitrogen and oxygen atoms in total. The van der Waals surface area contributed by atoms with Gasteiger partial charge in [-0.25, -0.2) is 13.2 Å². The summed E-state index contributed by atoms with van der Waals surface area (Å²) in [5, 5.41) is 0. The van der Waals surface area contributed by atoms with Crippen LogP contribution in [0.1, 0.15) is 20.7 Å². The molecule has 188 valence electrons. The van der Waals surface area contributed by atoms with Gasteiger partial charge in [0, 0.05) is 51.9 Å². The minimum atomic E-state index is -0.931. The van der Waals surface area contributed by atoms with Crippen LogP contribution >= 0.6 is 0 Å². The normalized spacial score (nSPS) is 18.9. The summed E-state index contributed by atoms with van der Waals surface area (Å²) >= 11 is 0. The number of nitrogens with zero attached hydrogens (tertiary/aromatic N) is 3. The zero-order valence-electron chi connectivity index (χ0n) is 19.3. The van der Waals surface area contributed by atoms with Gasteiger partial charge < -0.3 is 19.3 Å². The van der Waals surface area contributed by atoms with E-state index < -0.39 is 35.4 Å². The fraction of sp³-hybridized carbons (Fsp3) is 0.440. The van der Waals surface area contributed by atoms with Gasteiger partial charge in [0.1, 0.15) is 17.5 Å². The molecule has 0 spiro atoms. The van der Waals surface area contributed by atoms with E-state index in [1.54, 1.807) is 6.07 Å². The Morgan fingerprint density at radius 2 is 1.71 bits per heavy atom. The Labute approximate surface area is 202 Å². The fourth-order valence-electron chi connectivity index (χ4n) is 4.26. The fourth-order valence-corrected chi connectivity index (χ4v) is 4.26. The summed E-state index contributed by atoms with van der Waals surface area (Å²) < 4.78 is 53.0. The van der Waals surface area contributed by atoms with Crippen LogP contribution in [-0.4, -0.2) is 98.3 Å². The van der Waals surface area contributed by atoms with Crippen LogP contribution in [0, 0.1) is 17.5 Å². The number of ether oxygens (including phenoxy) is 2. The summed E-state index contributed by atoms with van der Waals surface area (Å²) in [6, 6.07) is 8.63. The molecule has 1 unspecified atom stereocenters. The second-order valence-corrected chi connectivity index (χ2v) is 8.55. The number of morpholine rings is 2. The lowest BCUT2D eigenvalue weighted by molar-refractivity contribution is -0.0348. The first-order chi connectivity index (χ1) is 16.9. The first-order valence-electron chi connectivity index (χ1n) is 11.6. The zero-order valence-corrected chi connectivity index (χ0v) is 19.3. The van der Waals surface area contributed by atoms with E-state index in [9.17, 15) is 22.8 Å². The van der Waals surface area contributed by atoms with Crippen LogP contribution in [0.5, 0.6) is 0 Å². The lowest BCUT2D eigenvalue weighted by Crippen LogP contribution is -2.52. The molecule has 2 aliphatic heterocycles. The number of carbonyl (C=O) groups excluding carboxylic acids is 2. The molecule has 0 N–H and O–H groups in total. The van der Waals surface area contributed by atoms with Gasteiger partial charge in [-0.2, -0.15) is 0 Å². The zero-order chi connectivity index (χ0) is 24.8. The molecule has 0 saturated carbocycles. The molecule has 0 radical (unpaired) electrons. The maximum Gasteiger partial charge on any atom is 0.257 e. The highest BCUT2D eigenvalue weighted by molar-refractivity contribution is 5.95. The van der Waals surface area contributed by atoms with Gasteiger partial charge in [-0.1, -0.05) is 12.1 Å². The second-order valence-electron chi connectivity index (χ2n) is 8.55. The Hall–Kier alpha value is -2.95. The number of hydrogen-bond acceptors (Lipinski definition) is 5. The number of carbonyl (C=O) groups is 2. The molecule has 2 fully saturated rings. The molecular weight excluding hydrogens is 463 g/mol. The molecule has 0 bridgehead atoms. The van der Waals surface area contributed by atoms with Gasteiger partial charge in [0.05, 0.1) is 37.1 Å². The van der Waals surface area contributed by atoms with E-state index in [4.69, 9.17) is 9.47 Å². The van der Waals surface area contributed by atoms with Crippen molar-refractivity contribution >= 4 is 11.8 Å². The molecule has 2 aliphatic rings. The van der Waals surface area contributed by atoms with Crippen LogP contribution in [-0.2, 0) is 9.47 Å². The third-order valence-electron chi connectivity index (χ3n) is 6.19. The van der Waals surface area contributed by atoms with Gasteiger partial charge in [0.15, 0.2) is 0 Å². The molecule has 0 aliphatic carbocycles. The highest BCUT2D eigenvalue weighted by atomic mass is 19.1. The minimum Gasteiger partial charge on any atom is -0.379 e. The van der Waals surface area contributed by atoms with E-state index in [-0.39, 0.29) is 37.4 Å². The summed E-state index contributed by atoms with van der Waals surface area (Å²) in [7, 11) is 0. The molecule has 35 heavy (non-hydrogen) atoms. The molecule has 2 aromatic carbocycles. The number of amides is 2. The lowest BCUT2D eigenvalue weighted by atomic mass is 10.1. The number of halogens is 3. The predicted molar refractivity (Wildman–Crippen MR) is 122 cm³/mol. The standard InChI is InChI=1S/C25H28F3N3O4/c26-18-5-6-21(23(28)15-18)25(33)31-11-14-35-19(17-31)16-30(8-7-29-9-12-34-13-10-29)24(32)20-3-1-2-4-22(20)27/h1-6,15,19H,7-14,16-17H2. The summed E-state index contributed by atoms with van der Waals surface area (Å²) in [6.45, 7) is 4.33. The van der Waals surface area contributed by atoms with E-state index in [1.807, 2.05) is 0 Å². The Bertz CT molecular complexity index is 1050. The Balaban J connectivity index is 1.46. The van der Waals surface area contributed by atoms with E-state index >= 15 is 0 Å². The SMILES string of the molecule is O=C(c1ccc(F)cc1F)N1CCOC(CN(CCN2CCOCC2)C(=O)c2ccccc2F)C1. The molecule has 0 aromatic heterocycles. The molecule has 2 aromatic rings. The monoisotopic (exact) mass is 491 g/mol. The number of hydrogen-bond donors (Lipinski definition) is 0. The van der Waals surface area contributed by atoms with Crippen molar-refractivity contribution in [1.82, 2.24) is 14.7 Å². The Kier molecular flexibility index (Phi) is 8.37. The van der Waals surface area contributed by atoms with Crippen LogP contribution in [0.25, 0.3) is 0 Å². The van der Waals surface area contributed by atoms with Gasteiger partial charge >= 0.3 is 0 Å². The van der Waals surface area contributed by atoms with Crippen molar-refractivity contribution < 1.29 is 32.2 Å². The van der Waals surface area contributed by atoms with Gasteiger partial charge in [-0.05, 0) is 24.3 Å². The predicted octanol–water partition coefficient (Wildman–Crippen LogP) is 2.42. The van der Waals surface area contributed by atoms with Crippen LogP contribution in [0.2, 0.25) is 0 Å². The summed E-state index contributed by atoms with van der Waals surface area (Å²) in [4.78, 5) is 31.2. The van der Waals surface area contributed by atoms with E-state index in [0.29, 0.717) is 32.4 Å². The van der Waals surface area contributed by atoms with Crippen molar-refractivity contribution in [3.05, 3.63) is 71.0 Å². The van der Waals surface area contributed by atoms with E-state index in [2.05, 4.69) is 4.90 Å². The number of benzene rings is 2. The maximum atomic E-state index is 14.4. The molecule has 2 heterocycles. The third-order valence-corrected chi connectivity index (χ3v) is 6.19. The molecule has 2 amide bonds. The van der Waals surface area contributed by atoms with Gasteiger partial charge in [-0.15, -0.1) is 0 Å². The lowest BCUT2D eigenvalue weighted by Gasteiger charge is -2.37. The summed E-state index contributed by atoms with van der Waals surface area (Å²) in [6.07, 6.45) is -0.545. The Morgan fingerprint density at radius 1 is 0.943 bits per heavy atom. The first kappa shape index (κ1) is 25.2. The quantitative estimate of drug-likeness (QED) is 0.596. The summed E-state index contributed by atoms with van der Waals surface area (Å²) in [5.41, 5.74) is -0.259. The van der Waals surface area contributed by atoms with Crippen molar-refractivity contribution in [1.29, 1.82) is 0 Å².